The van der Waals surface area contributed by atoms with Crippen LogP contribution in [0.4, 0.5) is 0 Å². The number of carboxylic acids is 1. The van der Waals surface area contributed by atoms with Gasteiger partial charge in [0.2, 0.25) is 0 Å². The molecule has 7 heteroatoms. The molecule has 1 aromatic rings. The molecule has 0 aliphatic carbocycles. The number of methoxy groups -OCH3 is 1. The molecule has 0 aromatic heterocycles. The number of nitrogens with zero attached hydrogens (tertiary/aromatic N) is 1. The molecule has 1 aliphatic heterocycles. The summed E-state index contributed by atoms with van der Waals surface area (Å²) in [5, 5.41) is 9.46. The molecule has 132 valence electrons. The number of carbonyl (C=O) groups excluding carboxylic acids is 1. The summed E-state index contributed by atoms with van der Waals surface area (Å²) in [7, 11) is 1.49. The predicted octanol–water partition coefficient (Wildman–Crippen LogP) is 3.07. The van der Waals surface area contributed by atoms with Crippen LogP contribution in [0.2, 0.25) is 5.02 Å². The molecule has 0 radical (unpaired) electrons. The molecule has 0 bridgehead atoms. The van der Waals surface area contributed by atoms with Crippen LogP contribution in [0.25, 0.3) is 0 Å². The molecule has 0 saturated carbocycles. The van der Waals surface area contributed by atoms with Gasteiger partial charge in [0.05, 0.1) is 24.7 Å². The average Bonchev–Trinajstić information content (AvgIpc) is 2.59. The molecule has 1 fully saturated rings. The molecule has 1 atom stereocenters. The topological polar surface area (TPSA) is 76.1 Å². The lowest BCUT2D eigenvalue weighted by atomic mass is 9.97. The Hall–Kier alpha value is -1.95. The summed E-state index contributed by atoms with van der Waals surface area (Å²) in [6.07, 6.45) is 2.09. The van der Waals surface area contributed by atoms with Crippen LogP contribution in [0, 0.1) is 5.92 Å². The SMILES string of the molecule is CCCOc1c(Cl)cc(C(=O)N2CCCC(C(=O)O)C2)cc1OC. The first-order valence-electron chi connectivity index (χ1n) is 8.00. The van der Waals surface area contributed by atoms with E-state index in [4.69, 9.17) is 26.2 Å². The van der Waals surface area contributed by atoms with Crippen molar-refractivity contribution >= 4 is 23.5 Å². The zero-order chi connectivity index (χ0) is 17.7. The van der Waals surface area contributed by atoms with E-state index in [0.29, 0.717) is 48.1 Å². The van der Waals surface area contributed by atoms with Gasteiger partial charge in [0.15, 0.2) is 11.5 Å². The lowest BCUT2D eigenvalue weighted by molar-refractivity contribution is -0.143. The number of amides is 1. The number of halogens is 1. The van der Waals surface area contributed by atoms with E-state index in [2.05, 4.69) is 0 Å². The third kappa shape index (κ3) is 4.12. The van der Waals surface area contributed by atoms with E-state index in [1.807, 2.05) is 6.92 Å². The van der Waals surface area contributed by atoms with Crippen LogP contribution in [0.3, 0.4) is 0 Å². The highest BCUT2D eigenvalue weighted by molar-refractivity contribution is 6.32. The van der Waals surface area contributed by atoms with E-state index in [-0.39, 0.29) is 12.5 Å². The number of benzene rings is 1. The maximum Gasteiger partial charge on any atom is 0.308 e. The first-order chi connectivity index (χ1) is 11.5. The van der Waals surface area contributed by atoms with Crippen molar-refractivity contribution < 1.29 is 24.2 Å². The molecule has 24 heavy (non-hydrogen) atoms. The van der Waals surface area contributed by atoms with Gasteiger partial charge in [0.25, 0.3) is 5.91 Å². The summed E-state index contributed by atoms with van der Waals surface area (Å²) in [4.78, 5) is 25.4. The number of piperidine rings is 1. The van der Waals surface area contributed by atoms with Crippen molar-refractivity contribution in [3.05, 3.63) is 22.7 Å². The van der Waals surface area contributed by atoms with Gasteiger partial charge >= 0.3 is 5.97 Å². The van der Waals surface area contributed by atoms with Gasteiger partial charge in [0, 0.05) is 18.7 Å². The lowest BCUT2D eigenvalue weighted by Gasteiger charge is -2.31. The van der Waals surface area contributed by atoms with Gasteiger partial charge in [-0.3, -0.25) is 9.59 Å². The van der Waals surface area contributed by atoms with Crippen LogP contribution in [0.15, 0.2) is 12.1 Å². The summed E-state index contributed by atoms with van der Waals surface area (Å²) < 4.78 is 10.9. The zero-order valence-corrected chi connectivity index (χ0v) is 14.6. The molecular weight excluding hydrogens is 334 g/mol. The number of carboxylic acid groups (broad SMARTS) is 1. The molecule has 0 spiro atoms. The molecular formula is C17H22ClNO5. The Morgan fingerprint density at radius 3 is 2.79 bits per heavy atom. The van der Waals surface area contributed by atoms with Crippen molar-refractivity contribution in [2.75, 3.05) is 26.8 Å². The summed E-state index contributed by atoms with van der Waals surface area (Å²) >= 11 is 6.24. The number of aliphatic carboxylic acids is 1. The monoisotopic (exact) mass is 355 g/mol. The summed E-state index contributed by atoms with van der Waals surface area (Å²) in [6.45, 7) is 3.22. The molecule has 1 aliphatic rings. The van der Waals surface area contributed by atoms with Crippen LogP contribution < -0.4 is 9.47 Å². The fourth-order valence-electron chi connectivity index (χ4n) is 2.73. The van der Waals surface area contributed by atoms with E-state index in [9.17, 15) is 9.59 Å². The summed E-state index contributed by atoms with van der Waals surface area (Å²) in [5.74, 6) is -0.826. The normalized spacial score (nSPS) is 17.5. The first kappa shape index (κ1) is 18.4. The van der Waals surface area contributed by atoms with Gasteiger partial charge in [-0.05, 0) is 31.4 Å². The Morgan fingerprint density at radius 1 is 1.42 bits per heavy atom. The van der Waals surface area contributed by atoms with Crippen LogP contribution in [0.1, 0.15) is 36.5 Å². The van der Waals surface area contributed by atoms with Gasteiger partial charge in [-0.25, -0.2) is 0 Å². The highest BCUT2D eigenvalue weighted by atomic mass is 35.5. The van der Waals surface area contributed by atoms with Crippen LogP contribution in [-0.2, 0) is 4.79 Å². The summed E-state index contributed by atoms with van der Waals surface area (Å²) in [5.41, 5.74) is 0.367. The van der Waals surface area contributed by atoms with Gasteiger partial charge in [0.1, 0.15) is 0 Å². The Kier molecular flexibility index (Phi) is 6.31. The molecule has 6 nitrogen and oxygen atoms in total. The third-order valence-electron chi connectivity index (χ3n) is 3.98. The Balaban J connectivity index is 2.23. The molecule has 2 rings (SSSR count). The minimum absolute atomic E-state index is 0.211. The van der Waals surface area contributed by atoms with Gasteiger partial charge in [-0.1, -0.05) is 18.5 Å². The van der Waals surface area contributed by atoms with Crippen molar-refractivity contribution in [2.45, 2.75) is 26.2 Å². The first-order valence-corrected chi connectivity index (χ1v) is 8.38. The van der Waals surface area contributed by atoms with Gasteiger partial charge in [-0.15, -0.1) is 0 Å². The number of rotatable bonds is 6. The smallest absolute Gasteiger partial charge is 0.308 e. The number of likely N-dealkylation sites (tertiary alicyclic amines) is 1. The van der Waals surface area contributed by atoms with Crippen molar-refractivity contribution in [3.8, 4) is 11.5 Å². The van der Waals surface area contributed by atoms with E-state index < -0.39 is 11.9 Å². The number of carbonyl (C=O) groups is 2. The van der Waals surface area contributed by atoms with E-state index >= 15 is 0 Å². The lowest BCUT2D eigenvalue weighted by Crippen LogP contribution is -2.42. The maximum absolute atomic E-state index is 12.7. The van der Waals surface area contributed by atoms with Crippen LogP contribution in [-0.4, -0.2) is 48.7 Å². The molecule has 1 heterocycles. The van der Waals surface area contributed by atoms with E-state index in [1.54, 1.807) is 17.0 Å². The number of hydrogen-bond donors (Lipinski definition) is 1. The minimum Gasteiger partial charge on any atom is -0.493 e. The highest BCUT2D eigenvalue weighted by Crippen LogP contribution is 2.37. The van der Waals surface area contributed by atoms with Crippen molar-refractivity contribution in [1.82, 2.24) is 4.90 Å². The molecule has 1 N–H and O–H groups in total. The quantitative estimate of drug-likeness (QED) is 0.848. The van der Waals surface area contributed by atoms with E-state index in [1.165, 1.54) is 7.11 Å². The Labute approximate surface area is 146 Å². The standard InChI is InChI=1S/C17H22ClNO5/c1-3-7-24-15-13(18)8-12(9-14(15)23-2)16(20)19-6-4-5-11(10-19)17(21)22/h8-9,11H,3-7,10H2,1-2H3,(H,21,22). The molecule has 1 amide bonds. The van der Waals surface area contributed by atoms with Gasteiger partial charge in [-0.2, -0.15) is 0 Å². The number of hydrogen-bond acceptors (Lipinski definition) is 4. The number of ether oxygens (including phenoxy) is 2. The van der Waals surface area contributed by atoms with Crippen LogP contribution in [0.5, 0.6) is 11.5 Å². The minimum atomic E-state index is -0.869. The average molecular weight is 356 g/mol. The van der Waals surface area contributed by atoms with Gasteiger partial charge < -0.3 is 19.5 Å². The van der Waals surface area contributed by atoms with Crippen LogP contribution >= 0.6 is 11.6 Å². The molecule has 1 aromatic carbocycles. The Bertz CT molecular complexity index is 619. The fraction of sp³-hybridized carbons (Fsp3) is 0.529. The second kappa shape index (κ2) is 8.24. The second-order valence-corrected chi connectivity index (χ2v) is 6.17. The van der Waals surface area contributed by atoms with Crippen molar-refractivity contribution in [1.29, 1.82) is 0 Å². The summed E-state index contributed by atoms with van der Waals surface area (Å²) in [6, 6.07) is 3.13. The molecule has 1 saturated heterocycles. The van der Waals surface area contributed by atoms with E-state index in [0.717, 1.165) is 6.42 Å². The molecule has 1 unspecified atom stereocenters. The zero-order valence-electron chi connectivity index (χ0n) is 13.9. The predicted molar refractivity (Wildman–Crippen MR) is 90.1 cm³/mol. The van der Waals surface area contributed by atoms with Crippen molar-refractivity contribution in [2.24, 2.45) is 5.92 Å². The Morgan fingerprint density at radius 2 is 2.17 bits per heavy atom. The largest absolute Gasteiger partial charge is 0.493 e. The fourth-order valence-corrected chi connectivity index (χ4v) is 3.00. The maximum atomic E-state index is 12.7. The third-order valence-corrected chi connectivity index (χ3v) is 4.27. The second-order valence-electron chi connectivity index (χ2n) is 5.77. The highest BCUT2D eigenvalue weighted by Gasteiger charge is 2.29. The van der Waals surface area contributed by atoms with Crippen molar-refractivity contribution in [3.63, 3.8) is 0 Å².